The van der Waals surface area contributed by atoms with Crippen molar-refractivity contribution in [2.24, 2.45) is 5.92 Å². The number of amides is 2. The average Bonchev–Trinajstić information content (AvgIpc) is 2.79. The molecule has 0 atom stereocenters. The first-order valence-electron chi connectivity index (χ1n) is 10.1. The molecule has 33 heavy (non-hydrogen) atoms. The molecule has 2 N–H and O–H groups in total. The summed E-state index contributed by atoms with van der Waals surface area (Å²) in [5.41, 5.74) is 1.17. The molecular formula is C24H22FN3O4S. The predicted molar refractivity (Wildman–Crippen MR) is 125 cm³/mol. The number of non-ortho nitro benzene ring substituents is 1. The summed E-state index contributed by atoms with van der Waals surface area (Å²) in [4.78, 5) is 36.2. The van der Waals surface area contributed by atoms with Crippen molar-refractivity contribution in [1.29, 1.82) is 0 Å². The van der Waals surface area contributed by atoms with E-state index in [1.54, 1.807) is 56.3 Å². The first-order chi connectivity index (χ1) is 15.7. The Morgan fingerprint density at radius 1 is 1.03 bits per heavy atom. The molecule has 170 valence electrons. The van der Waals surface area contributed by atoms with Crippen molar-refractivity contribution in [3.05, 3.63) is 93.8 Å². The predicted octanol–water partition coefficient (Wildman–Crippen LogP) is 5.41. The highest BCUT2D eigenvalue weighted by Gasteiger charge is 2.18. The van der Waals surface area contributed by atoms with Gasteiger partial charge >= 0.3 is 0 Å². The summed E-state index contributed by atoms with van der Waals surface area (Å²) in [5, 5.41) is 16.8. The lowest BCUT2D eigenvalue weighted by molar-refractivity contribution is -0.384. The second-order valence-electron chi connectivity index (χ2n) is 7.50. The van der Waals surface area contributed by atoms with Crippen LogP contribution in [0.2, 0.25) is 0 Å². The Labute approximate surface area is 194 Å². The molecular weight excluding hydrogens is 445 g/mol. The molecule has 7 nitrogen and oxygen atoms in total. The van der Waals surface area contributed by atoms with Gasteiger partial charge in [0.25, 0.3) is 11.6 Å². The molecule has 0 unspecified atom stereocenters. The molecule has 0 fully saturated rings. The molecule has 3 rings (SSSR count). The van der Waals surface area contributed by atoms with E-state index >= 15 is 0 Å². The minimum atomic E-state index is -0.588. The van der Waals surface area contributed by atoms with Gasteiger partial charge in [-0.05, 0) is 35.9 Å². The van der Waals surface area contributed by atoms with E-state index in [9.17, 15) is 24.1 Å². The number of nitro groups is 1. The molecule has 9 heteroatoms. The summed E-state index contributed by atoms with van der Waals surface area (Å²) < 4.78 is 14.1. The highest BCUT2D eigenvalue weighted by molar-refractivity contribution is 7.99. The molecule has 0 aliphatic heterocycles. The minimum absolute atomic E-state index is 0.0710. The summed E-state index contributed by atoms with van der Waals surface area (Å²) in [7, 11) is 0. The van der Waals surface area contributed by atoms with Crippen LogP contribution in [0.4, 0.5) is 15.8 Å². The van der Waals surface area contributed by atoms with Gasteiger partial charge in [-0.3, -0.25) is 19.7 Å². The monoisotopic (exact) mass is 467 g/mol. The van der Waals surface area contributed by atoms with Crippen molar-refractivity contribution < 1.29 is 18.9 Å². The normalized spacial score (nSPS) is 10.7. The number of halogens is 1. The smallest absolute Gasteiger partial charge is 0.270 e. The number of carbonyl (C=O) groups excluding carboxylic acids is 2. The molecule has 0 saturated carbocycles. The second kappa shape index (κ2) is 10.7. The van der Waals surface area contributed by atoms with Gasteiger partial charge in [0.05, 0.1) is 10.5 Å². The van der Waals surface area contributed by atoms with Crippen LogP contribution >= 0.6 is 11.8 Å². The molecule has 2 amide bonds. The van der Waals surface area contributed by atoms with Crippen molar-refractivity contribution >= 4 is 35.0 Å². The van der Waals surface area contributed by atoms with E-state index in [1.807, 2.05) is 0 Å². The van der Waals surface area contributed by atoms with Crippen LogP contribution in [-0.4, -0.2) is 16.7 Å². The number of anilines is 1. The quantitative estimate of drug-likeness (QED) is 0.341. The van der Waals surface area contributed by atoms with Crippen LogP contribution in [0.15, 0.2) is 76.5 Å². The van der Waals surface area contributed by atoms with E-state index in [0.29, 0.717) is 15.5 Å². The summed E-state index contributed by atoms with van der Waals surface area (Å²) >= 11 is 1.02. The van der Waals surface area contributed by atoms with Gasteiger partial charge in [0.1, 0.15) is 5.82 Å². The van der Waals surface area contributed by atoms with Crippen LogP contribution in [0, 0.1) is 21.8 Å². The van der Waals surface area contributed by atoms with Gasteiger partial charge in [0, 0.05) is 40.1 Å². The number of nitrogens with zero attached hydrogens (tertiary/aromatic N) is 1. The van der Waals surface area contributed by atoms with Gasteiger partial charge in [-0.15, -0.1) is 0 Å². The highest BCUT2D eigenvalue weighted by atomic mass is 32.2. The lowest BCUT2D eigenvalue weighted by atomic mass is 10.1. The Hall–Kier alpha value is -3.72. The molecule has 0 spiro atoms. The maximum Gasteiger partial charge on any atom is 0.270 e. The van der Waals surface area contributed by atoms with Crippen LogP contribution in [0.3, 0.4) is 0 Å². The topological polar surface area (TPSA) is 101 Å². The van der Waals surface area contributed by atoms with Crippen molar-refractivity contribution in [1.82, 2.24) is 5.32 Å². The molecule has 0 radical (unpaired) electrons. The Morgan fingerprint density at radius 2 is 1.79 bits per heavy atom. The number of carbonyl (C=O) groups is 2. The Kier molecular flexibility index (Phi) is 7.78. The minimum Gasteiger partial charge on any atom is -0.348 e. The largest absolute Gasteiger partial charge is 0.348 e. The third-order valence-corrected chi connectivity index (χ3v) is 5.77. The van der Waals surface area contributed by atoms with Gasteiger partial charge in [0.15, 0.2) is 0 Å². The molecule has 0 saturated heterocycles. The highest BCUT2D eigenvalue weighted by Crippen LogP contribution is 2.34. The van der Waals surface area contributed by atoms with Gasteiger partial charge in [0.2, 0.25) is 5.91 Å². The van der Waals surface area contributed by atoms with Crippen LogP contribution in [-0.2, 0) is 11.3 Å². The van der Waals surface area contributed by atoms with Gasteiger partial charge in [-0.2, -0.15) is 0 Å². The number of hydrogen-bond donors (Lipinski definition) is 2. The fourth-order valence-electron chi connectivity index (χ4n) is 2.87. The summed E-state index contributed by atoms with van der Waals surface area (Å²) in [5.74, 6) is -1.28. The number of benzene rings is 3. The van der Waals surface area contributed by atoms with Crippen LogP contribution in [0.1, 0.15) is 29.8 Å². The lowest BCUT2D eigenvalue weighted by Gasteiger charge is -2.12. The van der Waals surface area contributed by atoms with E-state index in [1.165, 1.54) is 24.3 Å². The molecule has 0 aromatic heterocycles. The standard InChI is InChI=1S/C24H22FN3O4S/c1-15(2)23(29)27-17-7-5-6-16(12-17)14-26-24(30)19-13-18(28(31)32)10-11-21(19)33-22-9-4-3-8-20(22)25/h3-13,15H,14H2,1-2H3,(H,26,30)(H,27,29). The zero-order chi connectivity index (χ0) is 24.0. The maximum absolute atomic E-state index is 14.1. The molecule has 3 aromatic carbocycles. The zero-order valence-electron chi connectivity index (χ0n) is 18.0. The summed E-state index contributed by atoms with van der Waals surface area (Å²) in [6.45, 7) is 3.71. The third kappa shape index (κ3) is 6.39. The van der Waals surface area contributed by atoms with Crippen LogP contribution < -0.4 is 10.6 Å². The van der Waals surface area contributed by atoms with Crippen molar-refractivity contribution in [2.75, 3.05) is 5.32 Å². The second-order valence-corrected chi connectivity index (χ2v) is 8.58. The van der Waals surface area contributed by atoms with Crippen LogP contribution in [0.5, 0.6) is 0 Å². The number of hydrogen-bond acceptors (Lipinski definition) is 5. The van der Waals surface area contributed by atoms with E-state index in [-0.39, 0.29) is 29.6 Å². The fourth-order valence-corrected chi connectivity index (χ4v) is 3.81. The van der Waals surface area contributed by atoms with Crippen molar-refractivity contribution in [3.8, 4) is 0 Å². The number of nitro benzene ring substituents is 1. The van der Waals surface area contributed by atoms with Crippen LogP contribution in [0.25, 0.3) is 0 Å². The first kappa shape index (κ1) is 23.9. The summed E-state index contributed by atoms with van der Waals surface area (Å²) in [6.07, 6.45) is 0. The fraction of sp³-hybridized carbons (Fsp3) is 0.167. The van der Waals surface area contributed by atoms with Gasteiger partial charge in [-0.1, -0.05) is 49.9 Å². The molecule has 0 aliphatic rings. The molecule has 0 heterocycles. The molecule has 0 bridgehead atoms. The zero-order valence-corrected chi connectivity index (χ0v) is 18.8. The Balaban J connectivity index is 1.80. The molecule has 3 aromatic rings. The number of nitrogens with one attached hydrogen (secondary N) is 2. The number of rotatable bonds is 8. The van der Waals surface area contributed by atoms with E-state index in [2.05, 4.69) is 10.6 Å². The van der Waals surface area contributed by atoms with Gasteiger partial charge in [-0.25, -0.2) is 4.39 Å². The Morgan fingerprint density at radius 3 is 2.48 bits per heavy atom. The molecule has 0 aliphatic carbocycles. The third-order valence-electron chi connectivity index (χ3n) is 4.65. The maximum atomic E-state index is 14.1. The van der Waals surface area contributed by atoms with Crippen molar-refractivity contribution in [3.63, 3.8) is 0 Å². The summed E-state index contributed by atoms with van der Waals surface area (Å²) in [6, 6.07) is 17.0. The Bertz CT molecular complexity index is 1200. The average molecular weight is 468 g/mol. The van der Waals surface area contributed by atoms with E-state index in [4.69, 9.17) is 0 Å². The van der Waals surface area contributed by atoms with E-state index in [0.717, 1.165) is 17.3 Å². The SMILES string of the molecule is CC(C)C(=O)Nc1cccc(CNC(=O)c2cc([N+](=O)[O-])ccc2Sc2ccccc2F)c1. The first-order valence-corrected chi connectivity index (χ1v) is 10.9. The van der Waals surface area contributed by atoms with Gasteiger partial charge < -0.3 is 10.6 Å². The lowest BCUT2D eigenvalue weighted by Crippen LogP contribution is -2.24. The van der Waals surface area contributed by atoms with E-state index < -0.39 is 16.6 Å². The van der Waals surface area contributed by atoms with Crippen molar-refractivity contribution in [2.45, 2.75) is 30.2 Å².